The minimum Gasteiger partial charge on any atom is -0.375 e. The number of morpholine rings is 1. The maximum absolute atomic E-state index is 5.98. The molecule has 0 bridgehead atoms. The van der Waals surface area contributed by atoms with E-state index in [1.54, 1.807) is 0 Å². The minimum absolute atomic E-state index is 0. The molecule has 7 heteroatoms. The van der Waals surface area contributed by atoms with Crippen molar-refractivity contribution in [2.24, 2.45) is 10.9 Å². The number of aliphatic imine (C=N–C) groups is 1. The Morgan fingerprint density at radius 2 is 1.92 bits per heavy atom. The van der Waals surface area contributed by atoms with E-state index < -0.39 is 0 Å². The van der Waals surface area contributed by atoms with Crippen LogP contribution in [0.25, 0.3) is 0 Å². The summed E-state index contributed by atoms with van der Waals surface area (Å²) < 4.78 is 11.8. The van der Waals surface area contributed by atoms with E-state index in [0.717, 1.165) is 58.2 Å². The Kier molecular flexibility index (Phi) is 9.94. The second kappa shape index (κ2) is 11.7. The van der Waals surface area contributed by atoms with Gasteiger partial charge in [-0.1, -0.05) is 6.92 Å². The lowest BCUT2D eigenvalue weighted by Crippen LogP contribution is -2.53. The number of nitrogens with one attached hydrogen (secondary N) is 1. The highest BCUT2D eigenvalue weighted by Crippen LogP contribution is 2.21. The molecule has 3 aliphatic heterocycles. The van der Waals surface area contributed by atoms with Crippen molar-refractivity contribution in [3.8, 4) is 0 Å². The van der Waals surface area contributed by atoms with Gasteiger partial charge in [-0.25, -0.2) is 0 Å². The second-order valence-corrected chi connectivity index (χ2v) is 7.56. The van der Waals surface area contributed by atoms with Gasteiger partial charge in [0.2, 0.25) is 0 Å². The van der Waals surface area contributed by atoms with Crippen molar-refractivity contribution in [1.82, 2.24) is 15.1 Å². The Balaban J connectivity index is 0.00000243. The first kappa shape index (κ1) is 22.2. The molecule has 3 heterocycles. The average Bonchev–Trinajstić information content (AvgIpc) is 3.31. The number of hydrogen-bond acceptors (Lipinski definition) is 4. The zero-order valence-electron chi connectivity index (χ0n) is 16.5. The van der Waals surface area contributed by atoms with E-state index in [9.17, 15) is 0 Å². The topological polar surface area (TPSA) is 49.3 Å². The molecule has 0 saturated carbocycles. The normalized spacial score (nSPS) is 30.5. The van der Waals surface area contributed by atoms with E-state index in [1.165, 1.54) is 32.5 Å². The first-order valence-electron chi connectivity index (χ1n) is 10.3. The summed E-state index contributed by atoms with van der Waals surface area (Å²) >= 11 is 0. The fourth-order valence-corrected chi connectivity index (χ4v) is 4.21. The van der Waals surface area contributed by atoms with Gasteiger partial charge in [0.05, 0.1) is 12.7 Å². The molecule has 3 rings (SSSR count). The molecule has 152 valence electrons. The van der Waals surface area contributed by atoms with Gasteiger partial charge in [0.25, 0.3) is 0 Å². The monoisotopic (exact) mass is 480 g/mol. The third-order valence-electron chi connectivity index (χ3n) is 5.52. The van der Waals surface area contributed by atoms with Crippen LogP contribution in [0.5, 0.6) is 0 Å². The van der Waals surface area contributed by atoms with Crippen molar-refractivity contribution in [3.63, 3.8) is 0 Å². The molecule has 0 aromatic rings. The molecule has 0 amide bonds. The molecular weight excluding hydrogens is 443 g/mol. The fourth-order valence-electron chi connectivity index (χ4n) is 4.21. The summed E-state index contributed by atoms with van der Waals surface area (Å²) in [5, 5.41) is 3.49. The fraction of sp³-hybridized carbons (Fsp3) is 0.947. The van der Waals surface area contributed by atoms with Gasteiger partial charge >= 0.3 is 0 Å². The van der Waals surface area contributed by atoms with E-state index in [2.05, 4.69) is 29.0 Å². The molecule has 6 nitrogen and oxygen atoms in total. The Bertz CT molecular complexity index is 432. The van der Waals surface area contributed by atoms with E-state index in [0.29, 0.717) is 5.92 Å². The summed E-state index contributed by atoms with van der Waals surface area (Å²) in [6, 6.07) is 0. The molecule has 3 atom stereocenters. The van der Waals surface area contributed by atoms with Crippen LogP contribution < -0.4 is 5.32 Å². The molecular formula is C19H37IN4O2. The maximum Gasteiger partial charge on any atom is 0.194 e. The Morgan fingerprint density at radius 1 is 1.08 bits per heavy atom. The van der Waals surface area contributed by atoms with Crippen molar-refractivity contribution < 1.29 is 9.47 Å². The predicted molar refractivity (Wildman–Crippen MR) is 117 cm³/mol. The number of hydrogen-bond donors (Lipinski definition) is 1. The highest BCUT2D eigenvalue weighted by Gasteiger charge is 2.32. The van der Waals surface area contributed by atoms with Gasteiger partial charge in [0.15, 0.2) is 5.96 Å². The Labute approximate surface area is 176 Å². The van der Waals surface area contributed by atoms with Gasteiger partial charge < -0.3 is 24.6 Å². The van der Waals surface area contributed by atoms with Crippen molar-refractivity contribution >= 4 is 29.9 Å². The van der Waals surface area contributed by atoms with E-state index in [-0.39, 0.29) is 36.2 Å². The molecule has 3 saturated heterocycles. The maximum atomic E-state index is 5.98. The number of likely N-dealkylation sites (tertiary alicyclic amines) is 1. The summed E-state index contributed by atoms with van der Waals surface area (Å²) in [5.41, 5.74) is 0. The molecule has 26 heavy (non-hydrogen) atoms. The molecule has 0 radical (unpaired) electrons. The number of ether oxygens (including phenoxy) is 2. The van der Waals surface area contributed by atoms with Crippen LogP contribution >= 0.6 is 24.0 Å². The summed E-state index contributed by atoms with van der Waals surface area (Å²) in [5.74, 6) is 1.76. The van der Waals surface area contributed by atoms with Crippen LogP contribution in [-0.4, -0.2) is 87.0 Å². The highest BCUT2D eigenvalue weighted by molar-refractivity contribution is 14.0. The first-order valence-corrected chi connectivity index (χ1v) is 10.3. The van der Waals surface area contributed by atoms with Crippen LogP contribution in [-0.2, 0) is 9.47 Å². The Hall–Kier alpha value is -0.120. The molecule has 0 aliphatic carbocycles. The van der Waals surface area contributed by atoms with Crippen LogP contribution in [0.15, 0.2) is 4.99 Å². The summed E-state index contributed by atoms with van der Waals surface area (Å²) in [4.78, 5) is 9.93. The molecule has 3 aliphatic rings. The molecule has 3 unspecified atom stereocenters. The molecule has 3 fully saturated rings. The molecule has 0 aromatic carbocycles. The van der Waals surface area contributed by atoms with E-state index in [1.807, 2.05) is 0 Å². The van der Waals surface area contributed by atoms with Crippen LogP contribution in [0.2, 0.25) is 0 Å². The third-order valence-corrected chi connectivity index (χ3v) is 5.52. The van der Waals surface area contributed by atoms with Gasteiger partial charge in [0.1, 0.15) is 6.10 Å². The zero-order chi connectivity index (χ0) is 17.5. The highest BCUT2D eigenvalue weighted by atomic mass is 127. The first-order chi connectivity index (χ1) is 12.3. The standard InChI is InChI=1S/C19H36N4O2.HI/c1-3-8-22-9-7-16(14-22)13-21-19(20-4-2)23-10-12-25-18(15-23)17-6-5-11-24-17;/h16-18H,3-15H2,1-2H3,(H,20,21);1H. The van der Waals surface area contributed by atoms with Crippen molar-refractivity contribution in [3.05, 3.63) is 0 Å². The number of halogens is 1. The predicted octanol–water partition coefficient (Wildman–Crippen LogP) is 2.18. The zero-order valence-corrected chi connectivity index (χ0v) is 18.8. The number of guanidine groups is 1. The average molecular weight is 480 g/mol. The van der Waals surface area contributed by atoms with Crippen LogP contribution in [0.4, 0.5) is 0 Å². The van der Waals surface area contributed by atoms with Gasteiger partial charge in [0, 0.05) is 39.3 Å². The number of rotatable bonds is 6. The smallest absolute Gasteiger partial charge is 0.194 e. The summed E-state index contributed by atoms with van der Waals surface area (Å²) in [7, 11) is 0. The molecule has 1 N–H and O–H groups in total. The number of nitrogens with zero attached hydrogens (tertiary/aromatic N) is 3. The van der Waals surface area contributed by atoms with Crippen LogP contribution in [0, 0.1) is 5.92 Å². The largest absolute Gasteiger partial charge is 0.375 e. The lowest BCUT2D eigenvalue weighted by Gasteiger charge is -2.37. The quantitative estimate of drug-likeness (QED) is 0.359. The van der Waals surface area contributed by atoms with Gasteiger partial charge in [-0.15, -0.1) is 24.0 Å². The van der Waals surface area contributed by atoms with Crippen molar-refractivity contribution in [2.75, 3.05) is 59.0 Å². The summed E-state index contributed by atoms with van der Waals surface area (Å²) in [6.07, 6.45) is 5.27. The molecule has 0 spiro atoms. The van der Waals surface area contributed by atoms with Gasteiger partial charge in [-0.3, -0.25) is 4.99 Å². The third kappa shape index (κ3) is 6.21. The lowest BCUT2D eigenvalue weighted by atomic mass is 10.1. The summed E-state index contributed by atoms with van der Waals surface area (Å²) in [6.45, 7) is 13.4. The van der Waals surface area contributed by atoms with Crippen LogP contribution in [0.1, 0.15) is 39.5 Å². The van der Waals surface area contributed by atoms with E-state index in [4.69, 9.17) is 14.5 Å². The van der Waals surface area contributed by atoms with Gasteiger partial charge in [-0.05, 0) is 51.6 Å². The van der Waals surface area contributed by atoms with Crippen molar-refractivity contribution in [2.45, 2.75) is 51.7 Å². The SMILES string of the molecule is CCCN1CCC(CN=C(NCC)N2CCOC(C3CCCO3)C2)C1.I. The Morgan fingerprint density at radius 3 is 2.65 bits per heavy atom. The second-order valence-electron chi connectivity index (χ2n) is 7.56. The minimum atomic E-state index is 0. The van der Waals surface area contributed by atoms with Crippen molar-refractivity contribution in [1.29, 1.82) is 0 Å². The molecule has 0 aromatic heterocycles. The van der Waals surface area contributed by atoms with E-state index >= 15 is 0 Å². The van der Waals surface area contributed by atoms with Crippen LogP contribution in [0.3, 0.4) is 0 Å². The van der Waals surface area contributed by atoms with Gasteiger partial charge in [-0.2, -0.15) is 0 Å². The lowest BCUT2D eigenvalue weighted by molar-refractivity contribution is -0.0817.